The molecule has 0 amide bonds. The molecule has 328 valence electrons. The van der Waals surface area contributed by atoms with Gasteiger partial charge in [-0.15, -0.1) is 0 Å². The molecule has 14 rings (SSSR count). The number of para-hydroxylation sites is 5. The molecule has 0 fully saturated rings. The maximum Gasteiger partial charge on any atom is 0.179 e. The maximum atomic E-state index is 5.31. The highest BCUT2D eigenvalue weighted by Gasteiger charge is 2.42. The van der Waals surface area contributed by atoms with Crippen molar-refractivity contribution in [2.24, 2.45) is 0 Å². The molecule has 0 saturated heterocycles. The van der Waals surface area contributed by atoms with Crippen LogP contribution in [0.1, 0.15) is 0 Å². The number of fused-ring (bicyclic) bond motifs is 9. The predicted molar refractivity (Wildman–Crippen MR) is 296 cm³/mol. The summed E-state index contributed by atoms with van der Waals surface area (Å²) in [5, 5.41) is 12.7. The topological polar surface area (TPSA) is 27.7 Å². The lowest BCUT2D eigenvalue weighted by Gasteiger charge is -2.35. The maximum absolute atomic E-state index is 5.31. The van der Waals surface area contributed by atoms with Crippen LogP contribution in [0.4, 0.5) is 0 Å². The standard InChI is InChI=1S/C65H44N4Si/c1-4-20-47(21-5-1)70(48-22-6-2-7-23-48,49-24-8-3-9-25-49)50-38-39-51(45-36-41-65(66-44-45)69-61-34-18-12-28-54(61)55-29-13-19-35-62(55)69)64(43-50)68-60-33-17-14-30-56(60)57-42-46(37-40-63(57)68)67-58-31-15-10-26-52(58)53-27-11-16-32-59(53)67/h1-44H. The van der Waals surface area contributed by atoms with Crippen LogP contribution in [0.15, 0.2) is 267 Å². The van der Waals surface area contributed by atoms with Crippen molar-refractivity contribution in [3.8, 4) is 28.3 Å². The van der Waals surface area contributed by atoms with Crippen LogP contribution in [0.5, 0.6) is 0 Å². The molecule has 5 heteroatoms. The second kappa shape index (κ2) is 16.1. The van der Waals surface area contributed by atoms with Crippen molar-refractivity contribution in [3.05, 3.63) is 267 Å². The molecule has 0 aliphatic heterocycles. The summed E-state index contributed by atoms with van der Waals surface area (Å²) < 4.78 is 7.23. The molecular weight excluding hydrogens is 865 g/mol. The number of hydrogen-bond acceptors (Lipinski definition) is 1. The normalized spacial score (nSPS) is 12.0. The fourth-order valence-corrected chi connectivity index (χ4v) is 16.4. The second-order valence-electron chi connectivity index (χ2n) is 18.3. The lowest BCUT2D eigenvalue weighted by Crippen LogP contribution is -2.74. The molecule has 0 atom stereocenters. The zero-order chi connectivity index (χ0) is 46.2. The van der Waals surface area contributed by atoms with Crippen LogP contribution < -0.4 is 20.7 Å². The van der Waals surface area contributed by atoms with Crippen molar-refractivity contribution in [1.29, 1.82) is 0 Å². The minimum atomic E-state index is -2.93. The summed E-state index contributed by atoms with van der Waals surface area (Å²) in [7, 11) is -2.93. The minimum Gasteiger partial charge on any atom is -0.309 e. The molecule has 4 nitrogen and oxygen atoms in total. The lowest BCUT2D eigenvalue weighted by molar-refractivity contribution is 1.08. The van der Waals surface area contributed by atoms with Crippen LogP contribution in [0.2, 0.25) is 0 Å². The van der Waals surface area contributed by atoms with E-state index in [1.54, 1.807) is 0 Å². The number of nitrogens with zero attached hydrogens (tertiary/aromatic N) is 4. The first-order valence-corrected chi connectivity index (χ1v) is 26.0. The molecule has 4 heterocycles. The zero-order valence-corrected chi connectivity index (χ0v) is 39.2. The van der Waals surface area contributed by atoms with Crippen LogP contribution >= 0.6 is 0 Å². The van der Waals surface area contributed by atoms with Gasteiger partial charge in [-0.3, -0.25) is 4.57 Å². The molecule has 0 unspecified atom stereocenters. The van der Waals surface area contributed by atoms with Crippen molar-refractivity contribution in [2.75, 3.05) is 0 Å². The Morgan fingerprint density at radius 3 is 1.17 bits per heavy atom. The Bertz CT molecular complexity index is 4080. The number of rotatable bonds is 8. The van der Waals surface area contributed by atoms with Gasteiger partial charge in [-0.2, -0.15) is 0 Å². The molecule has 0 spiro atoms. The fourth-order valence-electron chi connectivity index (χ4n) is 11.7. The third-order valence-corrected chi connectivity index (χ3v) is 19.4. The van der Waals surface area contributed by atoms with Crippen molar-refractivity contribution in [2.45, 2.75) is 0 Å². The molecule has 0 radical (unpaired) electrons. The Labute approximate surface area is 406 Å². The summed E-state index contributed by atoms with van der Waals surface area (Å²) in [6, 6.07) is 96.1. The van der Waals surface area contributed by atoms with Crippen molar-refractivity contribution < 1.29 is 0 Å². The van der Waals surface area contributed by atoms with E-state index in [2.05, 4.69) is 281 Å². The van der Waals surface area contributed by atoms with E-state index >= 15 is 0 Å². The summed E-state index contributed by atoms with van der Waals surface area (Å²) >= 11 is 0. The first-order chi connectivity index (χ1) is 34.8. The van der Waals surface area contributed by atoms with Crippen LogP contribution in [0.3, 0.4) is 0 Å². The molecule has 0 N–H and O–H groups in total. The average molecular weight is 909 g/mol. The summed E-state index contributed by atoms with van der Waals surface area (Å²) in [6.45, 7) is 0. The molecule has 14 aromatic rings. The van der Waals surface area contributed by atoms with Gasteiger partial charge in [0.2, 0.25) is 0 Å². The Balaban J connectivity index is 1.05. The van der Waals surface area contributed by atoms with Crippen molar-refractivity contribution >= 4 is 94.2 Å². The van der Waals surface area contributed by atoms with Gasteiger partial charge in [-0.25, -0.2) is 4.98 Å². The Morgan fingerprint density at radius 2 is 0.700 bits per heavy atom. The van der Waals surface area contributed by atoms with Crippen LogP contribution in [-0.2, 0) is 0 Å². The molecule has 10 aromatic carbocycles. The van der Waals surface area contributed by atoms with Crippen molar-refractivity contribution in [3.63, 3.8) is 0 Å². The first kappa shape index (κ1) is 40.1. The highest BCUT2D eigenvalue weighted by Crippen LogP contribution is 2.40. The van der Waals surface area contributed by atoms with E-state index in [0.717, 1.165) is 50.4 Å². The van der Waals surface area contributed by atoms with Gasteiger partial charge in [0, 0.05) is 55.3 Å². The number of aromatic nitrogens is 4. The van der Waals surface area contributed by atoms with Crippen molar-refractivity contribution in [1.82, 2.24) is 18.7 Å². The smallest absolute Gasteiger partial charge is 0.179 e. The highest BCUT2D eigenvalue weighted by atomic mass is 28.3. The van der Waals surface area contributed by atoms with E-state index in [1.165, 1.54) is 64.1 Å². The Hall–Kier alpha value is -9.03. The van der Waals surface area contributed by atoms with Crippen LogP contribution in [0.25, 0.3) is 93.7 Å². The van der Waals surface area contributed by atoms with E-state index in [9.17, 15) is 0 Å². The molecule has 0 bridgehead atoms. The number of benzene rings is 10. The summed E-state index contributed by atoms with van der Waals surface area (Å²) in [5.74, 6) is 0.887. The fraction of sp³-hybridized carbons (Fsp3) is 0. The SMILES string of the molecule is c1ccc([Si](c2ccccc2)(c2ccccc2)c2ccc(-c3ccc(-n4c5ccccc5c5ccccc54)nc3)c(-n3c4ccccc4c4cc(-n5c6ccccc6c6ccccc65)ccc43)c2)cc1. The summed E-state index contributed by atoms with van der Waals surface area (Å²) in [5.41, 5.74) is 11.4. The van der Waals surface area contributed by atoms with Crippen LogP contribution in [0, 0.1) is 0 Å². The Kier molecular flexibility index (Phi) is 9.19. The molecule has 0 aliphatic carbocycles. The summed E-state index contributed by atoms with van der Waals surface area (Å²) in [4.78, 5) is 5.31. The molecule has 0 aliphatic rings. The molecule has 4 aromatic heterocycles. The number of hydrogen-bond donors (Lipinski definition) is 0. The molecule has 70 heavy (non-hydrogen) atoms. The van der Waals surface area contributed by atoms with E-state index < -0.39 is 8.07 Å². The van der Waals surface area contributed by atoms with Gasteiger partial charge < -0.3 is 9.13 Å². The van der Waals surface area contributed by atoms with Gasteiger partial charge in [0.05, 0.1) is 38.8 Å². The lowest BCUT2D eigenvalue weighted by atomic mass is 10.0. The number of pyridine rings is 1. The largest absolute Gasteiger partial charge is 0.309 e. The highest BCUT2D eigenvalue weighted by molar-refractivity contribution is 7.19. The Morgan fingerprint density at radius 1 is 0.286 bits per heavy atom. The molecule has 0 saturated carbocycles. The second-order valence-corrected chi connectivity index (χ2v) is 22.1. The monoisotopic (exact) mass is 908 g/mol. The van der Waals surface area contributed by atoms with Gasteiger partial charge in [-0.05, 0) is 87.5 Å². The first-order valence-electron chi connectivity index (χ1n) is 24.0. The molecular formula is C65H44N4Si. The van der Waals surface area contributed by atoms with Gasteiger partial charge >= 0.3 is 0 Å². The average Bonchev–Trinajstić information content (AvgIpc) is 4.08. The van der Waals surface area contributed by atoms with E-state index in [0.29, 0.717) is 0 Å². The van der Waals surface area contributed by atoms with Gasteiger partial charge in [-0.1, -0.05) is 194 Å². The minimum absolute atomic E-state index is 0.887. The predicted octanol–water partition coefficient (Wildman–Crippen LogP) is 13.4. The van der Waals surface area contributed by atoms with E-state index in [-0.39, 0.29) is 0 Å². The summed E-state index contributed by atoms with van der Waals surface area (Å²) in [6.07, 6.45) is 2.07. The quantitative estimate of drug-likeness (QED) is 0.110. The van der Waals surface area contributed by atoms with E-state index in [1.807, 2.05) is 0 Å². The zero-order valence-electron chi connectivity index (χ0n) is 38.2. The van der Waals surface area contributed by atoms with E-state index in [4.69, 9.17) is 4.98 Å². The van der Waals surface area contributed by atoms with Crippen LogP contribution in [-0.4, -0.2) is 26.8 Å². The van der Waals surface area contributed by atoms with Gasteiger partial charge in [0.25, 0.3) is 0 Å². The van der Waals surface area contributed by atoms with Gasteiger partial charge in [0.15, 0.2) is 8.07 Å². The van der Waals surface area contributed by atoms with Gasteiger partial charge in [0.1, 0.15) is 5.82 Å². The third kappa shape index (κ3) is 5.98. The third-order valence-electron chi connectivity index (χ3n) is 14.7.